The second-order valence-electron chi connectivity index (χ2n) is 2.69. The van der Waals surface area contributed by atoms with Crippen molar-refractivity contribution in [2.24, 2.45) is 5.73 Å². The van der Waals surface area contributed by atoms with Crippen LogP contribution in [0.3, 0.4) is 0 Å². The summed E-state index contributed by atoms with van der Waals surface area (Å²) < 4.78 is 13.0. The Morgan fingerprint density at radius 3 is 2.62 bits per heavy atom. The standard InChI is InChI=1S/C8H10ClFN2O/c9-5-1-4(7(11)3-13)2-6(10)8(5)12/h1-2,7,13H,3,11-12H2/t7-/m0/s1. The first-order valence-electron chi connectivity index (χ1n) is 3.67. The lowest BCUT2D eigenvalue weighted by molar-refractivity contribution is 0.268. The third-order valence-electron chi connectivity index (χ3n) is 1.73. The highest BCUT2D eigenvalue weighted by atomic mass is 35.5. The summed E-state index contributed by atoms with van der Waals surface area (Å²) in [6.45, 7) is -0.264. The summed E-state index contributed by atoms with van der Waals surface area (Å²) in [6.07, 6.45) is 0. The molecular weight excluding hydrogens is 195 g/mol. The zero-order chi connectivity index (χ0) is 10.0. The van der Waals surface area contributed by atoms with E-state index in [4.69, 9.17) is 28.2 Å². The molecule has 0 aliphatic carbocycles. The fraction of sp³-hybridized carbons (Fsp3) is 0.250. The Hall–Kier alpha value is -0.840. The van der Waals surface area contributed by atoms with Gasteiger partial charge in [-0.05, 0) is 17.7 Å². The van der Waals surface area contributed by atoms with Gasteiger partial charge in [-0.2, -0.15) is 0 Å². The molecule has 0 spiro atoms. The third-order valence-corrected chi connectivity index (χ3v) is 2.04. The van der Waals surface area contributed by atoms with Gasteiger partial charge in [-0.3, -0.25) is 0 Å². The van der Waals surface area contributed by atoms with Crippen LogP contribution in [0.2, 0.25) is 5.02 Å². The second kappa shape index (κ2) is 3.91. The van der Waals surface area contributed by atoms with Crippen molar-refractivity contribution in [1.82, 2.24) is 0 Å². The van der Waals surface area contributed by atoms with E-state index in [1.54, 1.807) is 0 Å². The molecule has 0 fully saturated rings. The van der Waals surface area contributed by atoms with E-state index in [1.807, 2.05) is 0 Å². The normalized spacial score (nSPS) is 12.9. The topological polar surface area (TPSA) is 72.3 Å². The van der Waals surface area contributed by atoms with Gasteiger partial charge in [-0.1, -0.05) is 11.6 Å². The monoisotopic (exact) mass is 204 g/mol. The molecule has 1 rings (SSSR count). The largest absolute Gasteiger partial charge is 0.395 e. The molecule has 0 radical (unpaired) electrons. The summed E-state index contributed by atoms with van der Waals surface area (Å²) in [6, 6.07) is 1.98. The van der Waals surface area contributed by atoms with Crippen LogP contribution in [0.15, 0.2) is 12.1 Å². The maximum Gasteiger partial charge on any atom is 0.147 e. The molecule has 0 saturated heterocycles. The van der Waals surface area contributed by atoms with Crippen LogP contribution < -0.4 is 11.5 Å². The molecule has 1 atom stereocenters. The number of aliphatic hydroxyl groups is 1. The number of halogens is 2. The van der Waals surface area contributed by atoms with Crippen LogP contribution in [-0.4, -0.2) is 11.7 Å². The highest BCUT2D eigenvalue weighted by Crippen LogP contribution is 2.25. The first-order chi connectivity index (χ1) is 6.06. The predicted molar refractivity (Wildman–Crippen MR) is 49.8 cm³/mol. The van der Waals surface area contributed by atoms with Crippen molar-refractivity contribution in [1.29, 1.82) is 0 Å². The van der Waals surface area contributed by atoms with Crippen LogP contribution in [0.4, 0.5) is 10.1 Å². The zero-order valence-electron chi connectivity index (χ0n) is 6.80. The van der Waals surface area contributed by atoms with Crippen molar-refractivity contribution in [2.45, 2.75) is 6.04 Å². The molecule has 0 amide bonds. The van der Waals surface area contributed by atoms with Crippen molar-refractivity contribution >= 4 is 17.3 Å². The van der Waals surface area contributed by atoms with Crippen LogP contribution in [-0.2, 0) is 0 Å². The predicted octanol–water partition coefficient (Wildman–Crippen LogP) is 1.05. The van der Waals surface area contributed by atoms with Gasteiger partial charge >= 0.3 is 0 Å². The van der Waals surface area contributed by atoms with Crippen molar-refractivity contribution in [3.05, 3.63) is 28.5 Å². The number of aliphatic hydroxyl groups excluding tert-OH is 1. The minimum atomic E-state index is -0.632. The Balaban J connectivity index is 3.13. The van der Waals surface area contributed by atoms with E-state index in [1.165, 1.54) is 12.1 Å². The van der Waals surface area contributed by atoms with Crippen molar-refractivity contribution in [3.8, 4) is 0 Å². The van der Waals surface area contributed by atoms with Crippen molar-refractivity contribution < 1.29 is 9.50 Å². The number of hydrogen-bond donors (Lipinski definition) is 3. The number of anilines is 1. The molecule has 0 aromatic heterocycles. The molecule has 5 heteroatoms. The van der Waals surface area contributed by atoms with Gasteiger partial charge in [0.25, 0.3) is 0 Å². The molecule has 0 bridgehead atoms. The number of hydrogen-bond acceptors (Lipinski definition) is 3. The summed E-state index contributed by atoms with van der Waals surface area (Å²) in [5.41, 5.74) is 11.1. The molecule has 0 saturated carbocycles. The van der Waals surface area contributed by atoms with Gasteiger partial charge in [-0.25, -0.2) is 4.39 Å². The lowest BCUT2D eigenvalue weighted by atomic mass is 10.1. The fourth-order valence-electron chi connectivity index (χ4n) is 0.923. The van der Waals surface area contributed by atoms with E-state index in [2.05, 4.69) is 0 Å². The maximum absolute atomic E-state index is 13.0. The highest BCUT2D eigenvalue weighted by molar-refractivity contribution is 6.33. The molecule has 0 aliphatic heterocycles. The quantitative estimate of drug-likeness (QED) is 0.631. The van der Waals surface area contributed by atoms with E-state index in [9.17, 15) is 4.39 Å². The van der Waals surface area contributed by atoms with Gasteiger partial charge < -0.3 is 16.6 Å². The summed E-state index contributed by atoms with van der Waals surface area (Å²) in [4.78, 5) is 0. The van der Waals surface area contributed by atoms with Crippen LogP contribution in [0.5, 0.6) is 0 Å². The smallest absolute Gasteiger partial charge is 0.147 e. The lowest BCUT2D eigenvalue weighted by Gasteiger charge is -2.10. The van der Waals surface area contributed by atoms with Gasteiger partial charge in [0.1, 0.15) is 5.82 Å². The fourth-order valence-corrected chi connectivity index (χ4v) is 1.14. The SMILES string of the molecule is Nc1c(F)cc([C@@H](N)CO)cc1Cl. The zero-order valence-corrected chi connectivity index (χ0v) is 7.55. The molecule has 0 unspecified atom stereocenters. The van der Waals surface area contributed by atoms with Crippen molar-refractivity contribution in [2.75, 3.05) is 12.3 Å². The van der Waals surface area contributed by atoms with Crippen LogP contribution in [0, 0.1) is 5.82 Å². The molecule has 0 aliphatic rings. The number of nitrogens with two attached hydrogens (primary N) is 2. The Bertz CT molecular complexity index is 296. The first-order valence-corrected chi connectivity index (χ1v) is 4.05. The lowest BCUT2D eigenvalue weighted by Crippen LogP contribution is -2.15. The average molecular weight is 205 g/mol. The molecule has 5 N–H and O–H groups in total. The van der Waals surface area contributed by atoms with Gasteiger partial charge in [0.05, 0.1) is 23.4 Å². The van der Waals surface area contributed by atoms with Crippen LogP contribution >= 0.6 is 11.6 Å². The number of benzene rings is 1. The van der Waals surface area contributed by atoms with E-state index in [0.717, 1.165) is 0 Å². The number of nitrogen functional groups attached to an aromatic ring is 1. The summed E-state index contributed by atoms with van der Waals surface area (Å²) in [5.74, 6) is -0.619. The molecule has 1 aromatic rings. The Kier molecular flexibility index (Phi) is 3.08. The maximum atomic E-state index is 13.0. The first kappa shape index (κ1) is 10.2. The van der Waals surface area contributed by atoms with E-state index >= 15 is 0 Å². The molecule has 3 nitrogen and oxygen atoms in total. The number of rotatable bonds is 2. The molecule has 72 valence electrons. The Morgan fingerprint density at radius 1 is 1.54 bits per heavy atom. The van der Waals surface area contributed by atoms with E-state index in [0.29, 0.717) is 5.56 Å². The summed E-state index contributed by atoms with van der Waals surface area (Å²) in [5, 5.41) is 8.83. The second-order valence-corrected chi connectivity index (χ2v) is 3.09. The Labute approximate surface area is 80.1 Å². The average Bonchev–Trinajstić information content (AvgIpc) is 2.12. The van der Waals surface area contributed by atoms with Crippen molar-refractivity contribution in [3.63, 3.8) is 0 Å². The van der Waals surface area contributed by atoms with Gasteiger partial charge in [0.15, 0.2) is 0 Å². The molecular formula is C8H10ClFN2O. The van der Waals surface area contributed by atoms with Gasteiger partial charge in [0, 0.05) is 0 Å². The minimum Gasteiger partial charge on any atom is -0.395 e. The van der Waals surface area contributed by atoms with Crippen LogP contribution in [0.25, 0.3) is 0 Å². The molecule has 1 aromatic carbocycles. The van der Waals surface area contributed by atoms with E-state index < -0.39 is 11.9 Å². The molecule has 13 heavy (non-hydrogen) atoms. The van der Waals surface area contributed by atoms with Crippen LogP contribution in [0.1, 0.15) is 11.6 Å². The molecule has 0 heterocycles. The van der Waals surface area contributed by atoms with Gasteiger partial charge in [0.2, 0.25) is 0 Å². The van der Waals surface area contributed by atoms with Gasteiger partial charge in [-0.15, -0.1) is 0 Å². The summed E-state index contributed by atoms with van der Waals surface area (Å²) in [7, 11) is 0. The summed E-state index contributed by atoms with van der Waals surface area (Å²) >= 11 is 5.62. The minimum absolute atomic E-state index is 0.101. The Morgan fingerprint density at radius 2 is 2.15 bits per heavy atom. The van der Waals surface area contributed by atoms with E-state index in [-0.39, 0.29) is 17.3 Å². The third kappa shape index (κ3) is 2.09. The highest BCUT2D eigenvalue weighted by Gasteiger charge is 2.10.